The minimum absolute atomic E-state index is 0.788. The van der Waals surface area contributed by atoms with Crippen LogP contribution >= 0.6 is 22.7 Å². The van der Waals surface area contributed by atoms with Crippen LogP contribution in [0.5, 0.6) is 0 Å². The molecule has 5 aliphatic rings. The van der Waals surface area contributed by atoms with Gasteiger partial charge in [0.05, 0.1) is 0 Å². The van der Waals surface area contributed by atoms with Gasteiger partial charge in [-0.25, -0.2) is 19.9 Å². The zero-order valence-corrected chi connectivity index (χ0v) is 95.8. The summed E-state index contributed by atoms with van der Waals surface area (Å²) in [4.78, 5) is 29.2. The van der Waals surface area contributed by atoms with Crippen LogP contribution in [-0.2, 0) is 0 Å². The molecule has 0 atom stereocenters. The van der Waals surface area contributed by atoms with Gasteiger partial charge in [0.25, 0.3) is 0 Å². The zero-order valence-electron chi connectivity index (χ0n) is 94.2. The zero-order chi connectivity index (χ0) is 102. The molecule has 10 aromatic rings. The van der Waals surface area contributed by atoms with Crippen molar-refractivity contribution in [2.75, 3.05) is 78.4 Å². The average molecular weight is 1830 g/mol. The summed E-state index contributed by atoms with van der Waals surface area (Å²) in [5, 5.41) is 2.76. The number of nitrogens with zero attached hydrogens (tertiary/aromatic N) is 8. The Labute approximate surface area is 819 Å². The summed E-state index contributed by atoms with van der Waals surface area (Å²) in [7, 11) is 6.53. The molecule has 6 aromatic carbocycles. The summed E-state index contributed by atoms with van der Waals surface area (Å²) in [6.45, 7) is 97.7. The van der Waals surface area contributed by atoms with E-state index in [1.807, 2.05) is 281 Å². The molecule has 0 bridgehead atoms. The topological polar surface area (TPSA) is 64.5 Å². The number of rotatable bonds is 5. The van der Waals surface area contributed by atoms with Gasteiger partial charge >= 0.3 is 0 Å². The Balaban J connectivity index is -0.000000210. The van der Waals surface area contributed by atoms with Crippen LogP contribution in [0.15, 0.2) is 170 Å². The van der Waals surface area contributed by atoms with E-state index in [1.54, 1.807) is 31.2 Å². The summed E-state index contributed by atoms with van der Waals surface area (Å²) < 4.78 is 2.80. The molecule has 744 valence electrons. The third-order valence-corrected chi connectivity index (χ3v) is 22.9. The van der Waals surface area contributed by atoms with Gasteiger partial charge in [-0.3, -0.25) is 0 Å². The Morgan fingerprint density at radius 2 is 0.554 bits per heavy atom. The standard InChI is InChI=1S/C14H26.C14H20.C12H18N2.2C12H12N2.2C10H10S.C6H14N2.15C2H6/c2*1-11-3-7-13(8-4-11)14-9-5-12(2)6-10-14;1-11-3-5-12(6-4-11)14-9-7-13(2)8-10-14;1-9-3-5-11(6-4-9)12-7-13-10(2)14-8-12;1-9-3-5-11(6-4-9)12-13-7-10(2)8-14-12;1-7-3-4-10-9(5-7)6-8(2)11-10;1-7-3-4-9-6-8(2)11-10(9)5-7;1-7-3-5-8(2)6-4-7;15*1-2/h11-14H,3-10H2,1-2H3;3-4,7-8,12,14H,5-6,9-10H2,1-2H3;3-6H,7-10H2,1-2H3;2*3-8H,1-2H3;2*3-6H,1-2H3;3-6H2,1-2H3;15*1-2H3. The molecular weight excluding hydrogens is 1620 g/mol. The van der Waals surface area contributed by atoms with E-state index in [-0.39, 0.29) is 0 Å². The molecule has 0 N–H and O–H groups in total. The Bertz CT molecular complexity index is 3550. The molecule has 10 heteroatoms. The van der Waals surface area contributed by atoms with E-state index in [4.69, 9.17) is 0 Å². The minimum Gasteiger partial charge on any atom is -0.369 e. The van der Waals surface area contributed by atoms with Crippen LogP contribution in [0.3, 0.4) is 0 Å². The molecule has 0 amide bonds. The van der Waals surface area contributed by atoms with Gasteiger partial charge in [-0.2, -0.15) is 0 Å². The van der Waals surface area contributed by atoms with E-state index < -0.39 is 0 Å². The van der Waals surface area contributed by atoms with E-state index in [2.05, 4.69) is 270 Å². The average Bonchev–Trinajstić information content (AvgIpc) is 0.973. The lowest BCUT2D eigenvalue weighted by Gasteiger charge is -2.36. The fraction of sp³-hybridized carbons (Fsp3) is 0.600. The quantitative estimate of drug-likeness (QED) is 0.169. The number of piperazine rings is 2. The number of thiophene rings is 2. The number of aromatic nitrogens is 4. The second kappa shape index (κ2) is 95.2. The largest absolute Gasteiger partial charge is 0.369 e. The van der Waals surface area contributed by atoms with Gasteiger partial charge in [0.1, 0.15) is 5.82 Å². The second-order valence-corrected chi connectivity index (χ2v) is 32.8. The smallest absolute Gasteiger partial charge is 0.159 e. The third-order valence-electron chi connectivity index (χ3n) is 20.8. The summed E-state index contributed by atoms with van der Waals surface area (Å²) >= 11 is 3.73. The van der Waals surface area contributed by atoms with Crippen molar-refractivity contribution in [2.45, 2.75) is 381 Å². The number of fused-ring (bicyclic) bond motifs is 2. The summed E-state index contributed by atoms with van der Waals surface area (Å²) in [5.74, 6) is 7.65. The van der Waals surface area contributed by atoms with E-state index in [9.17, 15) is 0 Å². The highest BCUT2D eigenvalue weighted by molar-refractivity contribution is 7.19. The second-order valence-electron chi connectivity index (χ2n) is 30.3. The van der Waals surface area contributed by atoms with Crippen molar-refractivity contribution in [1.29, 1.82) is 0 Å². The SMILES string of the molecule is CC.CC.CC.CC.CC.CC.CC.CC.CC.CC.CC.CC.CC.CC.CC.CC1CCC(C2CCC(C)CC2)CC1.CN1CCN(C)CC1.Cc1ccc(-c2cnc(C)nc2)cc1.Cc1ccc(-c2ncc(C)cn2)cc1.Cc1ccc(C2CCC(C)CC2)cc1.Cc1ccc(N2CCN(C)CC2)cc1.Cc1ccc2cc(C)sc2c1.Cc1ccc2sc(C)cc2c1. The Morgan fingerprint density at radius 1 is 0.254 bits per heavy atom. The number of aryl methyl sites for hydroxylation is 10. The first-order chi connectivity index (χ1) is 63.1. The van der Waals surface area contributed by atoms with Crippen LogP contribution in [0.25, 0.3) is 42.7 Å². The molecule has 4 aromatic heterocycles. The fourth-order valence-corrected chi connectivity index (χ4v) is 15.7. The van der Waals surface area contributed by atoms with E-state index >= 15 is 0 Å². The predicted octanol–water partition coefficient (Wildman–Crippen LogP) is 38.5. The van der Waals surface area contributed by atoms with Crippen LogP contribution < -0.4 is 4.90 Å². The molecule has 130 heavy (non-hydrogen) atoms. The van der Waals surface area contributed by atoms with Crippen LogP contribution in [-0.4, -0.2) is 108 Å². The van der Waals surface area contributed by atoms with E-state index in [0.717, 1.165) is 82.5 Å². The Hall–Kier alpha value is -6.92. The molecular formula is C120H212N8S2. The fourth-order valence-electron chi connectivity index (χ4n) is 13.8. The molecule has 2 saturated heterocycles. The molecule has 5 fully saturated rings. The van der Waals surface area contributed by atoms with Crippen molar-refractivity contribution < 1.29 is 0 Å². The monoisotopic (exact) mass is 1830 g/mol. The molecule has 0 spiro atoms. The lowest BCUT2D eigenvalue weighted by atomic mass is 9.70. The third kappa shape index (κ3) is 64.1. The predicted molar refractivity (Wildman–Crippen MR) is 606 cm³/mol. The summed E-state index contributed by atoms with van der Waals surface area (Å²) in [6, 6.07) is 52.2. The van der Waals surface area contributed by atoms with E-state index in [0.29, 0.717) is 0 Å². The molecule has 15 rings (SSSR count). The first-order valence-corrected chi connectivity index (χ1v) is 54.3. The number of hydrogen-bond donors (Lipinski definition) is 0. The Morgan fingerprint density at radius 3 is 0.931 bits per heavy atom. The van der Waals surface area contributed by atoms with Crippen LogP contribution in [0, 0.1) is 98.8 Å². The summed E-state index contributed by atoms with van der Waals surface area (Å²) in [6.07, 6.45) is 25.2. The van der Waals surface area contributed by atoms with E-state index in [1.165, 1.54) is 160 Å². The lowest BCUT2D eigenvalue weighted by Crippen LogP contribution is -2.44. The maximum Gasteiger partial charge on any atom is 0.159 e. The lowest BCUT2D eigenvalue weighted by molar-refractivity contribution is 0.155. The number of anilines is 1. The highest BCUT2D eigenvalue weighted by atomic mass is 32.1. The highest BCUT2D eigenvalue weighted by Crippen LogP contribution is 2.41. The van der Waals surface area contributed by atoms with Gasteiger partial charge < -0.3 is 19.6 Å². The molecule has 0 unspecified atom stereocenters. The van der Waals surface area contributed by atoms with Crippen LogP contribution in [0.2, 0.25) is 0 Å². The van der Waals surface area contributed by atoms with Crippen molar-refractivity contribution >= 4 is 48.5 Å². The minimum atomic E-state index is 0.788. The summed E-state index contributed by atoms with van der Waals surface area (Å²) in [5.41, 5.74) is 15.2. The van der Waals surface area contributed by atoms with Crippen molar-refractivity contribution in [1.82, 2.24) is 34.6 Å². The van der Waals surface area contributed by atoms with Crippen molar-refractivity contribution in [2.24, 2.45) is 29.6 Å². The molecule has 8 nitrogen and oxygen atoms in total. The molecule has 0 radical (unpaired) electrons. The van der Waals surface area contributed by atoms with Crippen molar-refractivity contribution in [3.63, 3.8) is 0 Å². The first-order valence-electron chi connectivity index (χ1n) is 52.7. The molecule has 2 aliphatic heterocycles. The molecule has 6 heterocycles. The van der Waals surface area contributed by atoms with Gasteiger partial charge in [-0.1, -0.05) is 404 Å². The van der Waals surface area contributed by atoms with Gasteiger partial charge in [0.2, 0.25) is 0 Å². The highest BCUT2D eigenvalue weighted by Gasteiger charge is 2.29. The molecule has 3 saturated carbocycles. The normalized spacial score (nSPS) is 16.1. The van der Waals surface area contributed by atoms with Gasteiger partial charge in [0.15, 0.2) is 5.82 Å². The first kappa shape index (κ1) is 139. The van der Waals surface area contributed by atoms with Gasteiger partial charge in [-0.15, -0.1) is 22.7 Å². The van der Waals surface area contributed by atoms with Crippen molar-refractivity contribution in [3.05, 3.63) is 230 Å². The number of hydrogen-bond acceptors (Lipinski definition) is 10. The van der Waals surface area contributed by atoms with Crippen molar-refractivity contribution in [3.8, 4) is 22.5 Å². The maximum absolute atomic E-state index is 4.27. The molecule has 3 aliphatic carbocycles. The van der Waals surface area contributed by atoms with Crippen LogP contribution in [0.1, 0.15) is 372 Å². The number of benzene rings is 6. The van der Waals surface area contributed by atoms with Gasteiger partial charge in [0, 0.05) is 113 Å². The number of likely N-dealkylation sites (N-methyl/N-ethyl adjacent to an activating group) is 3. The van der Waals surface area contributed by atoms with Gasteiger partial charge in [-0.05, 0) is 234 Å². The van der Waals surface area contributed by atoms with Crippen LogP contribution in [0.4, 0.5) is 5.69 Å². The Kier molecular flexibility index (Phi) is 101. The maximum atomic E-state index is 4.27.